The highest BCUT2D eigenvalue weighted by molar-refractivity contribution is 9.10. The number of nitrogens with two attached hydrogens (primary N) is 1. The number of rotatable bonds is 2. The third-order valence-electron chi connectivity index (χ3n) is 2.29. The number of hydrogen-bond acceptors (Lipinski definition) is 3. The molecule has 1 aromatic heterocycles. The Labute approximate surface area is 85.4 Å². The van der Waals surface area contributed by atoms with Crippen molar-refractivity contribution in [1.29, 1.82) is 0 Å². The second-order valence-corrected chi connectivity index (χ2v) is 4.33. The molecule has 1 aliphatic heterocycles. The van der Waals surface area contributed by atoms with Gasteiger partial charge in [0.05, 0.1) is 6.61 Å². The van der Waals surface area contributed by atoms with Gasteiger partial charge in [0, 0.05) is 18.6 Å². The first-order valence-electron chi connectivity index (χ1n) is 4.29. The van der Waals surface area contributed by atoms with Gasteiger partial charge in [-0.15, -0.1) is 0 Å². The first-order valence-corrected chi connectivity index (χ1v) is 5.08. The predicted molar refractivity (Wildman–Crippen MR) is 52.5 cm³/mol. The highest BCUT2D eigenvalue weighted by atomic mass is 79.9. The lowest BCUT2D eigenvalue weighted by atomic mass is 9.95. The molecule has 4 heteroatoms. The van der Waals surface area contributed by atoms with Crippen LogP contribution >= 0.6 is 15.9 Å². The molecule has 1 unspecified atom stereocenters. The number of hydrogen-bond donors (Lipinski definition) is 1. The monoisotopic (exact) mass is 245 g/mol. The van der Waals surface area contributed by atoms with Crippen molar-refractivity contribution in [3.8, 4) is 0 Å². The summed E-state index contributed by atoms with van der Waals surface area (Å²) in [5, 5.41) is 0. The van der Waals surface area contributed by atoms with Crippen molar-refractivity contribution in [2.45, 2.75) is 18.4 Å². The summed E-state index contributed by atoms with van der Waals surface area (Å²) in [6.07, 6.45) is 1.66. The molecule has 0 bridgehead atoms. The molecule has 13 heavy (non-hydrogen) atoms. The molecule has 0 aliphatic carbocycles. The van der Waals surface area contributed by atoms with Crippen molar-refractivity contribution < 1.29 is 9.15 Å². The molecular weight excluding hydrogens is 234 g/mol. The van der Waals surface area contributed by atoms with Crippen molar-refractivity contribution in [2.24, 2.45) is 5.73 Å². The Kier molecular flexibility index (Phi) is 2.45. The summed E-state index contributed by atoms with van der Waals surface area (Å²) in [6.45, 7) is 1.39. The molecule has 2 heterocycles. The van der Waals surface area contributed by atoms with Crippen LogP contribution in [0.15, 0.2) is 21.2 Å². The van der Waals surface area contributed by atoms with Crippen LogP contribution < -0.4 is 5.73 Å². The highest BCUT2D eigenvalue weighted by Crippen LogP contribution is 2.23. The Bertz CT molecular complexity index is 292. The maximum absolute atomic E-state index is 6.10. The van der Waals surface area contributed by atoms with Gasteiger partial charge in [-0.1, -0.05) is 0 Å². The second kappa shape index (κ2) is 3.44. The average Bonchev–Trinajstić information content (AvgIpc) is 2.62. The maximum atomic E-state index is 6.10. The fourth-order valence-corrected chi connectivity index (χ4v) is 1.90. The van der Waals surface area contributed by atoms with E-state index in [1.54, 1.807) is 0 Å². The zero-order valence-corrected chi connectivity index (χ0v) is 8.84. The summed E-state index contributed by atoms with van der Waals surface area (Å²) in [4.78, 5) is 0. The Morgan fingerprint density at radius 2 is 2.38 bits per heavy atom. The van der Waals surface area contributed by atoms with E-state index in [4.69, 9.17) is 14.9 Å². The van der Waals surface area contributed by atoms with Gasteiger partial charge >= 0.3 is 0 Å². The van der Waals surface area contributed by atoms with Crippen LogP contribution in [0.1, 0.15) is 12.2 Å². The molecule has 0 amide bonds. The van der Waals surface area contributed by atoms with Crippen LogP contribution in [0.5, 0.6) is 0 Å². The maximum Gasteiger partial charge on any atom is 0.169 e. The third-order valence-corrected chi connectivity index (χ3v) is 2.72. The van der Waals surface area contributed by atoms with Gasteiger partial charge in [0.1, 0.15) is 5.76 Å². The second-order valence-electron chi connectivity index (χ2n) is 3.55. The van der Waals surface area contributed by atoms with Gasteiger partial charge in [0.2, 0.25) is 0 Å². The summed E-state index contributed by atoms with van der Waals surface area (Å²) >= 11 is 3.26. The van der Waals surface area contributed by atoms with E-state index in [0.717, 1.165) is 29.9 Å². The molecule has 1 fully saturated rings. The van der Waals surface area contributed by atoms with Crippen LogP contribution in [-0.2, 0) is 11.2 Å². The van der Waals surface area contributed by atoms with Gasteiger partial charge in [-0.25, -0.2) is 0 Å². The molecule has 1 atom stereocenters. The summed E-state index contributed by atoms with van der Waals surface area (Å²) in [6, 6.07) is 3.82. The first kappa shape index (κ1) is 9.24. The van der Waals surface area contributed by atoms with Gasteiger partial charge < -0.3 is 14.9 Å². The third kappa shape index (κ3) is 2.13. The van der Waals surface area contributed by atoms with E-state index in [-0.39, 0.29) is 5.54 Å². The molecule has 3 nitrogen and oxygen atoms in total. The van der Waals surface area contributed by atoms with Crippen molar-refractivity contribution >= 4 is 15.9 Å². The van der Waals surface area contributed by atoms with E-state index in [9.17, 15) is 0 Å². The van der Waals surface area contributed by atoms with Crippen molar-refractivity contribution in [3.63, 3.8) is 0 Å². The summed E-state index contributed by atoms with van der Waals surface area (Å²) in [5.74, 6) is 0.917. The van der Waals surface area contributed by atoms with Gasteiger partial charge in [-0.2, -0.15) is 0 Å². The van der Waals surface area contributed by atoms with Crippen LogP contribution in [0, 0.1) is 0 Å². The normalized spacial score (nSPS) is 28.2. The SMILES string of the molecule is NC1(Cc2ccc(Br)o2)CCOC1. The Morgan fingerprint density at radius 3 is 2.92 bits per heavy atom. The standard InChI is InChI=1S/C9H12BrNO2/c10-8-2-1-7(13-8)5-9(11)3-4-12-6-9/h1-2H,3-6,11H2. The molecule has 2 N–H and O–H groups in total. The Morgan fingerprint density at radius 1 is 1.54 bits per heavy atom. The van der Waals surface area contributed by atoms with Gasteiger partial charge in [-0.3, -0.25) is 0 Å². The van der Waals surface area contributed by atoms with Crippen molar-refractivity contribution in [1.82, 2.24) is 0 Å². The molecule has 1 aliphatic rings. The topological polar surface area (TPSA) is 48.4 Å². The lowest BCUT2D eigenvalue weighted by Crippen LogP contribution is -2.42. The number of ether oxygens (including phenoxy) is 1. The highest BCUT2D eigenvalue weighted by Gasteiger charge is 2.31. The van der Waals surface area contributed by atoms with E-state index in [2.05, 4.69) is 15.9 Å². The zero-order chi connectivity index (χ0) is 9.31. The minimum absolute atomic E-state index is 0.225. The van der Waals surface area contributed by atoms with E-state index < -0.39 is 0 Å². The molecule has 1 aromatic rings. The minimum atomic E-state index is -0.225. The Balaban J connectivity index is 2.04. The van der Waals surface area contributed by atoms with Gasteiger partial charge in [-0.05, 0) is 34.5 Å². The largest absolute Gasteiger partial charge is 0.454 e. The average molecular weight is 246 g/mol. The molecular formula is C9H12BrNO2. The quantitative estimate of drug-likeness (QED) is 0.863. The molecule has 0 saturated carbocycles. The van der Waals surface area contributed by atoms with E-state index in [1.165, 1.54) is 0 Å². The molecule has 72 valence electrons. The number of furan rings is 1. The van der Waals surface area contributed by atoms with Crippen molar-refractivity contribution in [3.05, 3.63) is 22.6 Å². The lowest BCUT2D eigenvalue weighted by Gasteiger charge is -2.19. The fraction of sp³-hybridized carbons (Fsp3) is 0.556. The number of halogens is 1. The summed E-state index contributed by atoms with van der Waals surface area (Å²) in [7, 11) is 0. The smallest absolute Gasteiger partial charge is 0.169 e. The van der Waals surface area contributed by atoms with E-state index >= 15 is 0 Å². The molecule has 2 rings (SSSR count). The minimum Gasteiger partial charge on any atom is -0.454 e. The first-order chi connectivity index (χ1) is 6.18. The van der Waals surface area contributed by atoms with E-state index in [1.807, 2.05) is 12.1 Å². The van der Waals surface area contributed by atoms with Crippen LogP contribution in [0.25, 0.3) is 0 Å². The van der Waals surface area contributed by atoms with Crippen LogP contribution in [-0.4, -0.2) is 18.8 Å². The van der Waals surface area contributed by atoms with Crippen LogP contribution in [0.4, 0.5) is 0 Å². The predicted octanol–water partition coefficient (Wildman–Crippen LogP) is 1.70. The van der Waals surface area contributed by atoms with Gasteiger partial charge in [0.15, 0.2) is 4.67 Å². The molecule has 0 aromatic carbocycles. The fourth-order valence-electron chi connectivity index (χ4n) is 1.56. The zero-order valence-electron chi connectivity index (χ0n) is 7.25. The summed E-state index contributed by atoms with van der Waals surface area (Å²) < 4.78 is 11.4. The van der Waals surface area contributed by atoms with Crippen LogP contribution in [0.2, 0.25) is 0 Å². The summed E-state index contributed by atoms with van der Waals surface area (Å²) in [5.41, 5.74) is 5.88. The lowest BCUT2D eigenvalue weighted by molar-refractivity contribution is 0.176. The van der Waals surface area contributed by atoms with Crippen molar-refractivity contribution in [2.75, 3.05) is 13.2 Å². The Hall–Kier alpha value is -0.320. The van der Waals surface area contributed by atoms with Crippen LogP contribution in [0.3, 0.4) is 0 Å². The molecule has 1 saturated heterocycles. The van der Waals surface area contributed by atoms with Gasteiger partial charge in [0.25, 0.3) is 0 Å². The molecule has 0 spiro atoms. The van der Waals surface area contributed by atoms with E-state index in [0.29, 0.717) is 6.61 Å². The molecule has 0 radical (unpaired) electrons.